The maximum absolute atomic E-state index is 12.2. The molecule has 0 N–H and O–H groups in total. The van der Waals surface area contributed by atoms with Gasteiger partial charge in [0.05, 0.1) is 6.04 Å². The van der Waals surface area contributed by atoms with Crippen LogP contribution in [0.1, 0.15) is 12.8 Å². The molecule has 2 saturated heterocycles. The predicted molar refractivity (Wildman–Crippen MR) is 59.9 cm³/mol. The molecular weight excluding hydrogens is 206 g/mol. The summed E-state index contributed by atoms with van der Waals surface area (Å²) in [4.78, 5) is 28.5. The fourth-order valence-electron chi connectivity index (χ4n) is 2.48. The van der Waals surface area contributed by atoms with Crippen molar-refractivity contribution in [1.82, 2.24) is 14.7 Å². The molecule has 0 aromatic carbocycles. The quantitative estimate of drug-likeness (QED) is 0.588. The Bertz CT molecular complexity index is 274. The summed E-state index contributed by atoms with van der Waals surface area (Å²) in [7, 11) is 2.01. The number of rotatable bonds is 2. The lowest BCUT2D eigenvalue weighted by Crippen LogP contribution is -2.52. The Morgan fingerprint density at radius 2 is 1.88 bits per heavy atom. The molecule has 1 atom stereocenters. The van der Waals surface area contributed by atoms with Gasteiger partial charge in [-0.1, -0.05) is 0 Å². The molecule has 0 saturated carbocycles. The van der Waals surface area contributed by atoms with Gasteiger partial charge in [0.15, 0.2) is 0 Å². The van der Waals surface area contributed by atoms with Crippen LogP contribution in [-0.2, 0) is 9.59 Å². The van der Waals surface area contributed by atoms with E-state index in [0.717, 1.165) is 25.8 Å². The maximum Gasteiger partial charge on any atom is 0.240 e. The van der Waals surface area contributed by atoms with E-state index in [1.807, 2.05) is 11.9 Å². The summed E-state index contributed by atoms with van der Waals surface area (Å²) in [6.07, 6.45) is 2.95. The largest absolute Gasteiger partial charge is 0.342 e. The number of likely N-dealkylation sites (N-methyl/N-ethyl adjacent to an activating group) is 1. The molecule has 2 rings (SSSR count). The van der Waals surface area contributed by atoms with Crippen molar-refractivity contribution >= 4 is 12.3 Å². The Balaban J connectivity index is 1.88. The first-order chi connectivity index (χ1) is 7.72. The fourth-order valence-corrected chi connectivity index (χ4v) is 2.48. The van der Waals surface area contributed by atoms with Crippen molar-refractivity contribution in [2.24, 2.45) is 0 Å². The SMILES string of the molecule is CN1CCC[C@@H]1C(=O)N1CCN(C=O)CC1. The minimum atomic E-state index is 0.0720. The van der Waals surface area contributed by atoms with E-state index in [0.29, 0.717) is 26.2 Å². The van der Waals surface area contributed by atoms with Crippen LogP contribution in [0.4, 0.5) is 0 Å². The fraction of sp³-hybridized carbons (Fsp3) is 0.818. The highest BCUT2D eigenvalue weighted by Crippen LogP contribution is 2.17. The molecule has 2 aliphatic rings. The molecule has 0 radical (unpaired) electrons. The number of likely N-dealkylation sites (tertiary alicyclic amines) is 1. The van der Waals surface area contributed by atoms with E-state index >= 15 is 0 Å². The van der Waals surface area contributed by atoms with E-state index in [4.69, 9.17) is 0 Å². The lowest BCUT2D eigenvalue weighted by molar-refractivity contribution is -0.139. The number of carbonyl (C=O) groups is 2. The smallest absolute Gasteiger partial charge is 0.240 e. The van der Waals surface area contributed by atoms with Crippen LogP contribution in [-0.4, -0.2) is 72.8 Å². The van der Waals surface area contributed by atoms with Crippen LogP contribution in [0.2, 0.25) is 0 Å². The normalized spacial score (nSPS) is 27.2. The first kappa shape index (κ1) is 11.4. The van der Waals surface area contributed by atoms with E-state index in [1.165, 1.54) is 0 Å². The van der Waals surface area contributed by atoms with Crippen molar-refractivity contribution in [1.29, 1.82) is 0 Å². The summed E-state index contributed by atoms with van der Waals surface area (Å²) in [6.45, 7) is 3.73. The van der Waals surface area contributed by atoms with Gasteiger partial charge in [-0.15, -0.1) is 0 Å². The highest BCUT2D eigenvalue weighted by atomic mass is 16.2. The number of nitrogens with zero attached hydrogens (tertiary/aromatic N) is 3. The molecule has 5 nitrogen and oxygen atoms in total. The van der Waals surface area contributed by atoms with E-state index in [2.05, 4.69) is 4.90 Å². The molecule has 0 bridgehead atoms. The second kappa shape index (κ2) is 4.82. The van der Waals surface area contributed by atoms with Gasteiger partial charge < -0.3 is 9.80 Å². The van der Waals surface area contributed by atoms with Gasteiger partial charge in [0.2, 0.25) is 12.3 Å². The monoisotopic (exact) mass is 225 g/mol. The first-order valence-corrected chi connectivity index (χ1v) is 5.91. The summed E-state index contributed by atoms with van der Waals surface area (Å²) < 4.78 is 0. The highest BCUT2D eigenvalue weighted by Gasteiger charge is 2.32. The molecule has 2 heterocycles. The minimum absolute atomic E-state index is 0.0720. The van der Waals surface area contributed by atoms with E-state index in [1.54, 1.807) is 4.90 Å². The standard InChI is InChI=1S/C11H19N3O2/c1-12-4-2-3-10(12)11(16)14-7-5-13(9-15)6-8-14/h9-10H,2-8H2,1H3/t10-/m1/s1. The third-order valence-corrected chi connectivity index (χ3v) is 3.58. The number of amides is 2. The molecule has 0 spiro atoms. The van der Waals surface area contributed by atoms with Crippen molar-refractivity contribution in [3.8, 4) is 0 Å². The molecular formula is C11H19N3O2. The molecule has 2 amide bonds. The highest BCUT2D eigenvalue weighted by molar-refractivity contribution is 5.82. The van der Waals surface area contributed by atoms with E-state index in [-0.39, 0.29) is 11.9 Å². The molecule has 5 heteroatoms. The van der Waals surface area contributed by atoms with Crippen molar-refractivity contribution in [2.75, 3.05) is 39.8 Å². The molecule has 0 aromatic rings. The van der Waals surface area contributed by atoms with Crippen molar-refractivity contribution in [3.05, 3.63) is 0 Å². The zero-order valence-electron chi connectivity index (χ0n) is 9.76. The predicted octanol–water partition coefficient (Wildman–Crippen LogP) is -0.619. The van der Waals surface area contributed by atoms with Gasteiger partial charge in [-0.2, -0.15) is 0 Å². The second-order valence-electron chi connectivity index (χ2n) is 4.61. The van der Waals surface area contributed by atoms with E-state index < -0.39 is 0 Å². The van der Waals surface area contributed by atoms with Crippen LogP contribution < -0.4 is 0 Å². The van der Waals surface area contributed by atoms with Gasteiger partial charge in [-0.05, 0) is 26.4 Å². The zero-order valence-corrected chi connectivity index (χ0v) is 9.76. The first-order valence-electron chi connectivity index (χ1n) is 5.91. The Morgan fingerprint density at radius 1 is 1.19 bits per heavy atom. The van der Waals surface area contributed by atoms with E-state index in [9.17, 15) is 9.59 Å². The third kappa shape index (κ3) is 2.19. The average Bonchev–Trinajstić information content (AvgIpc) is 2.75. The molecule has 0 aromatic heterocycles. The molecule has 90 valence electrons. The molecule has 0 aliphatic carbocycles. The van der Waals surface area contributed by atoms with Crippen LogP contribution in [0.3, 0.4) is 0 Å². The summed E-state index contributed by atoms with van der Waals surface area (Å²) in [5.74, 6) is 0.241. The minimum Gasteiger partial charge on any atom is -0.342 e. The van der Waals surface area contributed by atoms with Crippen molar-refractivity contribution in [3.63, 3.8) is 0 Å². The van der Waals surface area contributed by atoms with Gasteiger partial charge in [0.25, 0.3) is 0 Å². The Kier molecular flexibility index (Phi) is 3.43. The molecule has 2 fully saturated rings. The maximum atomic E-state index is 12.2. The third-order valence-electron chi connectivity index (χ3n) is 3.58. The molecule has 16 heavy (non-hydrogen) atoms. The Labute approximate surface area is 96.0 Å². The number of piperazine rings is 1. The molecule has 0 unspecified atom stereocenters. The Morgan fingerprint density at radius 3 is 2.38 bits per heavy atom. The zero-order chi connectivity index (χ0) is 11.5. The summed E-state index contributed by atoms with van der Waals surface area (Å²) >= 11 is 0. The number of hydrogen-bond acceptors (Lipinski definition) is 3. The number of carbonyl (C=O) groups excluding carboxylic acids is 2. The van der Waals surface area contributed by atoms with Gasteiger partial charge in [0, 0.05) is 26.2 Å². The lowest BCUT2D eigenvalue weighted by atomic mass is 10.2. The van der Waals surface area contributed by atoms with Gasteiger partial charge in [0.1, 0.15) is 0 Å². The van der Waals surface area contributed by atoms with Gasteiger partial charge >= 0.3 is 0 Å². The lowest BCUT2D eigenvalue weighted by Gasteiger charge is -2.35. The topological polar surface area (TPSA) is 43.9 Å². The molecule has 2 aliphatic heterocycles. The van der Waals surface area contributed by atoms with Crippen LogP contribution in [0.5, 0.6) is 0 Å². The summed E-state index contributed by atoms with van der Waals surface area (Å²) in [6, 6.07) is 0.0720. The van der Waals surface area contributed by atoms with Crippen LogP contribution in [0.15, 0.2) is 0 Å². The second-order valence-corrected chi connectivity index (χ2v) is 4.61. The van der Waals surface area contributed by atoms with Crippen molar-refractivity contribution in [2.45, 2.75) is 18.9 Å². The summed E-state index contributed by atoms with van der Waals surface area (Å²) in [5, 5.41) is 0. The summed E-state index contributed by atoms with van der Waals surface area (Å²) in [5.41, 5.74) is 0. The van der Waals surface area contributed by atoms with Gasteiger partial charge in [-0.25, -0.2) is 0 Å². The Hall–Kier alpha value is -1.10. The van der Waals surface area contributed by atoms with Gasteiger partial charge in [-0.3, -0.25) is 14.5 Å². The number of hydrogen-bond donors (Lipinski definition) is 0. The van der Waals surface area contributed by atoms with Crippen LogP contribution >= 0.6 is 0 Å². The average molecular weight is 225 g/mol. The van der Waals surface area contributed by atoms with Crippen LogP contribution in [0.25, 0.3) is 0 Å². The van der Waals surface area contributed by atoms with Crippen molar-refractivity contribution < 1.29 is 9.59 Å². The van der Waals surface area contributed by atoms with Crippen LogP contribution in [0, 0.1) is 0 Å².